The molecule has 0 atom stereocenters. The number of hydrogen-bond acceptors (Lipinski definition) is 8. The molecule has 8 heteroatoms. The van der Waals surface area contributed by atoms with Crippen molar-refractivity contribution in [2.75, 3.05) is 26.4 Å². The lowest BCUT2D eigenvalue weighted by molar-refractivity contribution is -0.366. The van der Waals surface area contributed by atoms with Crippen molar-refractivity contribution < 1.29 is 18.9 Å². The van der Waals surface area contributed by atoms with Crippen LogP contribution in [-0.2, 0) is 44.6 Å². The lowest BCUT2D eigenvalue weighted by atomic mass is 9.86. The van der Waals surface area contributed by atoms with Crippen LogP contribution in [0.4, 0.5) is 0 Å². The monoisotopic (exact) mass is 620 g/mol. The molecule has 2 fully saturated rings. The lowest BCUT2D eigenvalue weighted by Crippen LogP contribution is -2.60. The van der Waals surface area contributed by atoms with Gasteiger partial charge < -0.3 is 18.9 Å². The van der Waals surface area contributed by atoms with Gasteiger partial charge in [0.15, 0.2) is 11.6 Å². The zero-order valence-electron chi connectivity index (χ0n) is 25.8. The second kappa shape index (κ2) is 13.6. The van der Waals surface area contributed by atoms with Gasteiger partial charge in [0, 0.05) is 25.7 Å². The minimum Gasteiger partial charge on any atom is -0.348 e. The van der Waals surface area contributed by atoms with Crippen LogP contribution in [0, 0.1) is 50.7 Å². The van der Waals surface area contributed by atoms with E-state index in [9.17, 15) is 21.0 Å². The molecular weight excluding hydrogens is 588 g/mol. The molecule has 0 bridgehead atoms. The van der Waals surface area contributed by atoms with Crippen LogP contribution in [0.25, 0.3) is 0 Å². The van der Waals surface area contributed by atoms with Crippen LogP contribution in [0.3, 0.4) is 0 Å². The molecule has 2 saturated heterocycles. The fourth-order valence-corrected chi connectivity index (χ4v) is 6.25. The Morgan fingerprint density at radius 2 is 0.681 bits per heavy atom. The van der Waals surface area contributed by atoms with Crippen LogP contribution in [0.5, 0.6) is 0 Å². The fraction of sp³-hybridized carbons (Fsp3) is 0.282. The summed E-state index contributed by atoms with van der Waals surface area (Å²) in [4.78, 5) is 0. The van der Waals surface area contributed by atoms with Crippen LogP contribution in [0.2, 0.25) is 0 Å². The minimum atomic E-state index is -1.03. The summed E-state index contributed by atoms with van der Waals surface area (Å²) < 4.78 is 26.6. The summed E-state index contributed by atoms with van der Waals surface area (Å²) in [5.41, 5.74) is 5.29. The summed E-state index contributed by atoms with van der Waals surface area (Å²) in [5, 5.41) is 37.9. The molecule has 0 radical (unpaired) electrons. The second-order valence-electron chi connectivity index (χ2n) is 12.4. The summed E-state index contributed by atoms with van der Waals surface area (Å²) in [6.07, 6.45) is 1.63. The molecule has 1 spiro atoms. The molecule has 4 aromatic carbocycles. The van der Waals surface area contributed by atoms with Gasteiger partial charge in [-0.3, -0.25) is 0 Å². The average molecular weight is 621 g/mol. The molecule has 47 heavy (non-hydrogen) atoms. The number of rotatable bonds is 8. The zero-order valence-corrected chi connectivity index (χ0v) is 25.8. The SMILES string of the molecule is N#Cc1cccc(CC2(Cc3cccc(C#N)c3)OCC3(CO2)COC(Cc2cccc(C#N)c2)(Cc2cccc(C#N)c2)OC3)c1. The molecule has 6 rings (SSSR count). The summed E-state index contributed by atoms with van der Waals surface area (Å²) in [7, 11) is 0. The molecule has 0 aliphatic carbocycles. The molecule has 8 nitrogen and oxygen atoms in total. The van der Waals surface area contributed by atoms with Crippen molar-refractivity contribution in [1.29, 1.82) is 21.0 Å². The van der Waals surface area contributed by atoms with E-state index in [4.69, 9.17) is 18.9 Å². The fourth-order valence-electron chi connectivity index (χ4n) is 6.25. The average Bonchev–Trinajstić information content (AvgIpc) is 3.11. The lowest BCUT2D eigenvalue weighted by Gasteiger charge is -2.51. The van der Waals surface area contributed by atoms with Crippen molar-refractivity contribution in [3.05, 3.63) is 142 Å². The van der Waals surface area contributed by atoms with E-state index in [0.717, 1.165) is 22.3 Å². The van der Waals surface area contributed by atoms with Gasteiger partial charge in [-0.05, 0) is 70.8 Å². The molecule has 0 unspecified atom stereocenters. The van der Waals surface area contributed by atoms with Gasteiger partial charge in [0.05, 0.1) is 78.4 Å². The van der Waals surface area contributed by atoms with Gasteiger partial charge in [-0.15, -0.1) is 0 Å². The predicted molar refractivity (Wildman–Crippen MR) is 171 cm³/mol. The van der Waals surface area contributed by atoms with Gasteiger partial charge >= 0.3 is 0 Å². The van der Waals surface area contributed by atoms with Crippen LogP contribution in [-0.4, -0.2) is 38.0 Å². The highest BCUT2D eigenvalue weighted by molar-refractivity contribution is 5.37. The third-order valence-electron chi connectivity index (χ3n) is 8.68. The quantitative estimate of drug-likeness (QED) is 0.237. The molecule has 2 heterocycles. The van der Waals surface area contributed by atoms with Crippen molar-refractivity contribution >= 4 is 0 Å². The van der Waals surface area contributed by atoms with Crippen molar-refractivity contribution in [2.45, 2.75) is 37.3 Å². The first kappa shape index (κ1) is 31.7. The zero-order chi connectivity index (χ0) is 32.7. The van der Waals surface area contributed by atoms with Crippen molar-refractivity contribution in [3.8, 4) is 24.3 Å². The van der Waals surface area contributed by atoms with Crippen molar-refractivity contribution in [1.82, 2.24) is 0 Å². The Hall–Kier alpha value is -5.32. The highest BCUT2D eigenvalue weighted by Gasteiger charge is 2.51. The summed E-state index contributed by atoms with van der Waals surface area (Å²) in [6.45, 7) is 1.25. The van der Waals surface area contributed by atoms with E-state index in [1.807, 2.05) is 72.8 Å². The molecule has 232 valence electrons. The van der Waals surface area contributed by atoms with Gasteiger partial charge in [-0.25, -0.2) is 0 Å². The summed E-state index contributed by atoms with van der Waals surface area (Å²) in [5.74, 6) is -2.06. The Bertz CT molecular complexity index is 1660. The number of hydrogen-bond donors (Lipinski definition) is 0. The molecule has 0 N–H and O–H groups in total. The number of ether oxygens (including phenoxy) is 4. The third-order valence-corrected chi connectivity index (χ3v) is 8.68. The normalized spacial score (nSPS) is 17.4. The van der Waals surface area contributed by atoms with Gasteiger partial charge in [-0.2, -0.15) is 21.0 Å². The molecule has 0 amide bonds. The number of benzene rings is 4. The van der Waals surface area contributed by atoms with Gasteiger partial charge in [0.2, 0.25) is 0 Å². The Kier molecular flexibility index (Phi) is 9.15. The van der Waals surface area contributed by atoms with E-state index in [1.165, 1.54) is 0 Å². The van der Waals surface area contributed by atoms with Crippen LogP contribution in [0.1, 0.15) is 44.5 Å². The second-order valence-corrected chi connectivity index (χ2v) is 12.4. The molecule has 2 aliphatic rings. The van der Waals surface area contributed by atoms with E-state index in [1.54, 1.807) is 24.3 Å². The van der Waals surface area contributed by atoms with Gasteiger partial charge in [0.25, 0.3) is 0 Å². The van der Waals surface area contributed by atoms with Crippen molar-refractivity contribution in [2.24, 2.45) is 5.41 Å². The topological polar surface area (TPSA) is 132 Å². The Morgan fingerprint density at radius 1 is 0.426 bits per heavy atom. The Balaban J connectivity index is 1.23. The molecular formula is C39H32N4O4. The minimum absolute atomic E-state index is 0.312. The van der Waals surface area contributed by atoms with Crippen molar-refractivity contribution in [3.63, 3.8) is 0 Å². The van der Waals surface area contributed by atoms with Gasteiger partial charge in [-0.1, -0.05) is 48.5 Å². The van der Waals surface area contributed by atoms with Crippen LogP contribution >= 0.6 is 0 Å². The van der Waals surface area contributed by atoms with Gasteiger partial charge in [0.1, 0.15) is 0 Å². The smallest absolute Gasteiger partial charge is 0.176 e. The van der Waals surface area contributed by atoms with E-state index < -0.39 is 17.0 Å². The van der Waals surface area contributed by atoms with E-state index in [-0.39, 0.29) is 0 Å². The van der Waals surface area contributed by atoms with E-state index >= 15 is 0 Å². The number of nitrogens with zero attached hydrogens (tertiary/aromatic N) is 4. The maximum atomic E-state index is 9.47. The highest BCUT2D eigenvalue weighted by atomic mass is 16.7. The maximum absolute atomic E-state index is 9.47. The first-order valence-electron chi connectivity index (χ1n) is 15.4. The largest absolute Gasteiger partial charge is 0.348 e. The first-order valence-corrected chi connectivity index (χ1v) is 15.4. The number of nitriles is 4. The molecule has 4 aromatic rings. The summed E-state index contributed by atoms with van der Waals surface area (Å²) in [6, 6.07) is 38.4. The highest BCUT2D eigenvalue weighted by Crippen LogP contribution is 2.41. The van der Waals surface area contributed by atoms with E-state index in [2.05, 4.69) is 24.3 Å². The van der Waals surface area contributed by atoms with Crippen LogP contribution in [0.15, 0.2) is 97.1 Å². The Labute approximate surface area is 274 Å². The summed E-state index contributed by atoms with van der Waals surface area (Å²) >= 11 is 0. The molecule has 0 saturated carbocycles. The predicted octanol–water partition coefficient (Wildman–Crippen LogP) is 5.92. The van der Waals surface area contributed by atoms with E-state index in [0.29, 0.717) is 74.4 Å². The maximum Gasteiger partial charge on any atom is 0.176 e. The first-order chi connectivity index (χ1) is 22.9. The molecule has 2 aliphatic heterocycles. The third kappa shape index (κ3) is 7.40. The Morgan fingerprint density at radius 3 is 0.915 bits per heavy atom. The molecule has 0 aromatic heterocycles. The standard InChI is InChI=1S/C39H32N4O4/c40-21-33-9-1-5-29(13-33)17-38(18-30-6-2-10-34(14-30)22-41)44-25-37(26-45-38)27-46-39(47-28-37,19-31-7-3-11-35(15-31)23-42)20-32-8-4-12-36(16-32)24-43/h1-16H,17-20,25-28H2. The van der Waals surface area contributed by atoms with Crippen LogP contribution < -0.4 is 0 Å².